The molecule has 0 aromatic carbocycles. The second-order valence-electron chi connectivity index (χ2n) is 4.16. The number of aryl methyl sites for hydroxylation is 1. The highest BCUT2D eigenvalue weighted by Gasteiger charge is 2.24. The predicted octanol–water partition coefficient (Wildman–Crippen LogP) is 2.82. The smallest absolute Gasteiger partial charge is 0.0730 e. The van der Waals surface area contributed by atoms with E-state index in [1.807, 2.05) is 0 Å². The monoisotopic (exact) mass is 289 g/mol. The molecule has 1 heterocycles. The minimum Gasteiger partial charge on any atom is -0.392 e. The summed E-state index contributed by atoms with van der Waals surface area (Å²) in [5.74, 6) is 0. The molecule has 0 saturated heterocycles. The first-order valence-corrected chi connectivity index (χ1v) is 6.94. The van der Waals surface area contributed by atoms with Crippen LogP contribution in [0.5, 0.6) is 0 Å². The molecule has 1 aliphatic rings. The average molecular weight is 290 g/mol. The molecular weight excluding hydrogens is 274 g/mol. The topological polar surface area (TPSA) is 32.3 Å². The molecule has 15 heavy (non-hydrogen) atoms. The van der Waals surface area contributed by atoms with Crippen molar-refractivity contribution >= 4 is 27.3 Å². The number of nitrogens with one attached hydrogen (secondary N) is 1. The number of thiophene rings is 1. The van der Waals surface area contributed by atoms with E-state index in [-0.39, 0.29) is 6.10 Å². The van der Waals surface area contributed by atoms with Gasteiger partial charge in [0.1, 0.15) is 0 Å². The Morgan fingerprint density at radius 3 is 2.93 bits per heavy atom. The standard InChI is InChI=1S/C11H16BrNOS/c1-7-5-8(15-11(7)12)6-13-9-3-2-4-10(9)14/h5,9-10,13-14H,2-4,6H2,1H3. The van der Waals surface area contributed by atoms with Gasteiger partial charge in [0.15, 0.2) is 0 Å². The van der Waals surface area contributed by atoms with Gasteiger partial charge >= 0.3 is 0 Å². The van der Waals surface area contributed by atoms with Crippen LogP contribution in [0.1, 0.15) is 29.7 Å². The summed E-state index contributed by atoms with van der Waals surface area (Å²) in [6.07, 6.45) is 3.05. The largest absolute Gasteiger partial charge is 0.392 e. The Balaban J connectivity index is 1.87. The Morgan fingerprint density at radius 2 is 2.40 bits per heavy atom. The van der Waals surface area contributed by atoms with Gasteiger partial charge in [0.05, 0.1) is 9.89 Å². The number of hydrogen-bond acceptors (Lipinski definition) is 3. The van der Waals surface area contributed by atoms with Crippen molar-refractivity contribution in [3.05, 3.63) is 20.3 Å². The highest BCUT2D eigenvalue weighted by atomic mass is 79.9. The van der Waals surface area contributed by atoms with Gasteiger partial charge in [-0.05, 0) is 53.7 Å². The van der Waals surface area contributed by atoms with Gasteiger partial charge in [-0.15, -0.1) is 11.3 Å². The molecule has 1 fully saturated rings. The SMILES string of the molecule is Cc1cc(CNC2CCCC2O)sc1Br. The third-order valence-corrected chi connectivity index (χ3v) is 5.06. The van der Waals surface area contributed by atoms with Crippen LogP contribution in [0.3, 0.4) is 0 Å². The van der Waals surface area contributed by atoms with E-state index < -0.39 is 0 Å². The Kier molecular flexibility index (Phi) is 3.83. The van der Waals surface area contributed by atoms with Gasteiger partial charge in [-0.2, -0.15) is 0 Å². The molecule has 2 unspecified atom stereocenters. The van der Waals surface area contributed by atoms with Crippen LogP contribution >= 0.6 is 27.3 Å². The van der Waals surface area contributed by atoms with Crippen LogP contribution in [0.25, 0.3) is 0 Å². The molecule has 0 spiro atoms. The van der Waals surface area contributed by atoms with Gasteiger partial charge < -0.3 is 10.4 Å². The Hall–Kier alpha value is 0.100. The van der Waals surface area contributed by atoms with E-state index in [2.05, 4.69) is 34.2 Å². The molecule has 0 bridgehead atoms. The number of hydrogen-bond donors (Lipinski definition) is 2. The van der Waals surface area contributed by atoms with E-state index in [4.69, 9.17) is 0 Å². The normalized spacial score (nSPS) is 26.1. The predicted molar refractivity (Wildman–Crippen MR) is 67.2 cm³/mol. The second kappa shape index (κ2) is 4.95. The molecule has 2 N–H and O–H groups in total. The third-order valence-electron chi connectivity index (χ3n) is 2.93. The van der Waals surface area contributed by atoms with Crippen LogP contribution in [0.2, 0.25) is 0 Å². The summed E-state index contributed by atoms with van der Waals surface area (Å²) in [5.41, 5.74) is 1.30. The minimum atomic E-state index is -0.144. The average Bonchev–Trinajstić information content (AvgIpc) is 2.72. The van der Waals surface area contributed by atoms with Gasteiger partial charge in [-0.3, -0.25) is 0 Å². The lowest BCUT2D eigenvalue weighted by molar-refractivity contribution is 0.149. The van der Waals surface area contributed by atoms with Crippen molar-refractivity contribution in [3.8, 4) is 0 Å². The Labute approximate surface area is 103 Å². The van der Waals surface area contributed by atoms with E-state index in [9.17, 15) is 5.11 Å². The first-order chi connectivity index (χ1) is 7.16. The zero-order chi connectivity index (χ0) is 10.8. The van der Waals surface area contributed by atoms with Gasteiger partial charge in [0.2, 0.25) is 0 Å². The minimum absolute atomic E-state index is 0.144. The molecule has 2 rings (SSSR count). The van der Waals surface area contributed by atoms with Crippen molar-refractivity contribution in [1.82, 2.24) is 5.32 Å². The van der Waals surface area contributed by atoms with E-state index >= 15 is 0 Å². The van der Waals surface area contributed by atoms with Gasteiger partial charge in [-0.25, -0.2) is 0 Å². The fourth-order valence-corrected chi connectivity index (χ4v) is 3.60. The van der Waals surface area contributed by atoms with Crippen LogP contribution < -0.4 is 5.32 Å². The molecule has 0 amide bonds. The second-order valence-corrected chi connectivity index (χ2v) is 6.61. The molecule has 2 nitrogen and oxygen atoms in total. The maximum atomic E-state index is 9.66. The lowest BCUT2D eigenvalue weighted by atomic mass is 10.2. The van der Waals surface area contributed by atoms with Crippen molar-refractivity contribution in [2.45, 2.75) is 44.9 Å². The summed E-state index contributed by atoms with van der Waals surface area (Å²) < 4.78 is 1.21. The van der Waals surface area contributed by atoms with E-state index in [0.29, 0.717) is 6.04 Å². The molecule has 84 valence electrons. The highest BCUT2D eigenvalue weighted by Crippen LogP contribution is 2.27. The summed E-state index contributed by atoms with van der Waals surface area (Å²) in [5, 5.41) is 13.1. The number of rotatable bonds is 3. The summed E-state index contributed by atoms with van der Waals surface area (Å²) in [6, 6.07) is 2.49. The van der Waals surface area contributed by atoms with E-state index in [0.717, 1.165) is 25.8 Å². The Morgan fingerprint density at radius 1 is 1.60 bits per heavy atom. The maximum absolute atomic E-state index is 9.66. The summed E-state index contributed by atoms with van der Waals surface area (Å²) in [6.45, 7) is 2.98. The number of aliphatic hydroxyl groups excluding tert-OH is 1. The van der Waals surface area contributed by atoms with Crippen molar-refractivity contribution in [2.75, 3.05) is 0 Å². The third kappa shape index (κ3) is 2.81. The first-order valence-electron chi connectivity index (χ1n) is 5.33. The molecule has 0 aliphatic heterocycles. The molecule has 1 aromatic rings. The number of aliphatic hydroxyl groups is 1. The molecule has 4 heteroatoms. The summed E-state index contributed by atoms with van der Waals surface area (Å²) in [7, 11) is 0. The van der Waals surface area contributed by atoms with Crippen LogP contribution in [0, 0.1) is 6.92 Å². The van der Waals surface area contributed by atoms with Crippen molar-refractivity contribution < 1.29 is 5.11 Å². The molecule has 1 saturated carbocycles. The summed E-state index contributed by atoms with van der Waals surface area (Å²) >= 11 is 5.29. The van der Waals surface area contributed by atoms with Gasteiger partial charge in [-0.1, -0.05) is 0 Å². The van der Waals surface area contributed by atoms with E-state index in [1.165, 1.54) is 14.2 Å². The lowest BCUT2D eigenvalue weighted by Gasteiger charge is -2.15. The first kappa shape index (κ1) is 11.6. The van der Waals surface area contributed by atoms with Gasteiger partial charge in [0, 0.05) is 17.5 Å². The van der Waals surface area contributed by atoms with Crippen molar-refractivity contribution in [2.24, 2.45) is 0 Å². The zero-order valence-corrected chi connectivity index (χ0v) is 11.2. The fourth-order valence-electron chi connectivity index (χ4n) is 2.02. The maximum Gasteiger partial charge on any atom is 0.0730 e. The molecule has 1 aromatic heterocycles. The fraction of sp³-hybridized carbons (Fsp3) is 0.636. The quantitative estimate of drug-likeness (QED) is 0.897. The molecule has 1 aliphatic carbocycles. The summed E-state index contributed by atoms with van der Waals surface area (Å²) in [4.78, 5) is 1.33. The Bertz CT molecular complexity index is 320. The van der Waals surface area contributed by atoms with Crippen LogP contribution in [0.4, 0.5) is 0 Å². The molecule has 2 atom stereocenters. The van der Waals surface area contributed by atoms with Crippen LogP contribution in [0.15, 0.2) is 9.85 Å². The van der Waals surface area contributed by atoms with Crippen LogP contribution in [-0.4, -0.2) is 17.3 Å². The molecule has 0 radical (unpaired) electrons. The van der Waals surface area contributed by atoms with Crippen LogP contribution in [-0.2, 0) is 6.54 Å². The highest BCUT2D eigenvalue weighted by molar-refractivity contribution is 9.11. The van der Waals surface area contributed by atoms with Crippen molar-refractivity contribution in [3.63, 3.8) is 0 Å². The number of halogens is 1. The van der Waals surface area contributed by atoms with Gasteiger partial charge in [0.25, 0.3) is 0 Å². The lowest BCUT2D eigenvalue weighted by Crippen LogP contribution is -2.34. The zero-order valence-electron chi connectivity index (χ0n) is 8.79. The van der Waals surface area contributed by atoms with Crippen molar-refractivity contribution in [1.29, 1.82) is 0 Å². The molecular formula is C11H16BrNOS. The van der Waals surface area contributed by atoms with E-state index in [1.54, 1.807) is 11.3 Å².